The first-order chi connectivity index (χ1) is 14.1. The van der Waals surface area contributed by atoms with Crippen molar-refractivity contribution in [2.24, 2.45) is 0 Å². The van der Waals surface area contributed by atoms with Crippen molar-refractivity contribution in [2.45, 2.75) is 0 Å². The fourth-order valence-electron chi connectivity index (χ4n) is 3.54. The van der Waals surface area contributed by atoms with E-state index in [9.17, 15) is 4.39 Å². The van der Waals surface area contributed by atoms with Gasteiger partial charge in [0.1, 0.15) is 17.7 Å². The van der Waals surface area contributed by atoms with Gasteiger partial charge in [-0.25, -0.2) is 9.07 Å². The van der Waals surface area contributed by atoms with Crippen molar-refractivity contribution in [2.75, 3.05) is 50.5 Å². The number of aromatic nitrogens is 2. The molecule has 4 rings (SSSR count). The Morgan fingerprint density at radius 2 is 1.69 bits per heavy atom. The topological polar surface area (TPSA) is 60.1 Å². The molecule has 2 aromatic carbocycles. The minimum absolute atomic E-state index is 0.0326. The molecule has 1 aliphatic rings. The Bertz CT molecular complexity index is 1040. The smallest absolute Gasteiger partial charge is 0.148 e. The molecule has 0 unspecified atom stereocenters. The maximum atomic E-state index is 14.2. The van der Waals surface area contributed by atoms with Crippen LogP contribution < -0.4 is 10.2 Å². The molecule has 3 aromatic rings. The average molecular weight is 390 g/mol. The molecular formula is C22H23FN6. The highest BCUT2D eigenvalue weighted by atomic mass is 19.1. The van der Waals surface area contributed by atoms with Gasteiger partial charge in [-0.15, -0.1) is 5.10 Å². The van der Waals surface area contributed by atoms with Crippen molar-refractivity contribution < 1.29 is 4.39 Å². The molecule has 1 N–H and O–H groups in total. The molecule has 1 aromatic heterocycles. The molecule has 6 nitrogen and oxygen atoms in total. The van der Waals surface area contributed by atoms with E-state index >= 15 is 0 Å². The van der Waals surface area contributed by atoms with Gasteiger partial charge in [0.15, 0.2) is 0 Å². The van der Waals surface area contributed by atoms with E-state index in [0.29, 0.717) is 11.4 Å². The highest BCUT2D eigenvalue weighted by Gasteiger charge is 2.16. The maximum absolute atomic E-state index is 14.2. The molecule has 148 valence electrons. The number of rotatable bonds is 4. The Morgan fingerprint density at radius 1 is 1.00 bits per heavy atom. The second-order valence-corrected chi connectivity index (χ2v) is 7.19. The first-order valence-electron chi connectivity index (χ1n) is 9.61. The van der Waals surface area contributed by atoms with Crippen molar-refractivity contribution in [3.8, 4) is 23.0 Å². The van der Waals surface area contributed by atoms with Gasteiger partial charge in [-0.1, -0.05) is 6.07 Å². The summed E-state index contributed by atoms with van der Waals surface area (Å²) in [6.45, 7) is 4.14. The fourth-order valence-corrected chi connectivity index (χ4v) is 3.54. The van der Waals surface area contributed by atoms with Crippen LogP contribution in [0.25, 0.3) is 16.9 Å². The third kappa shape index (κ3) is 3.80. The fraction of sp³-hybridized carbons (Fsp3) is 0.273. The van der Waals surface area contributed by atoms with Gasteiger partial charge in [-0.3, -0.25) is 0 Å². The zero-order chi connectivity index (χ0) is 20.4. The molecular weight excluding hydrogens is 367 g/mol. The number of hydrogen-bond donors (Lipinski definition) is 1. The molecule has 0 atom stereocenters. The number of nitrogens with zero attached hydrogens (tertiary/aromatic N) is 5. The predicted octanol–water partition coefficient (Wildman–Crippen LogP) is 3.34. The summed E-state index contributed by atoms with van der Waals surface area (Å²) in [6.07, 6.45) is 0. The number of nitrogens with one attached hydrogen (secondary N) is 1. The first kappa shape index (κ1) is 19.0. The van der Waals surface area contributed by atoms with E-state index < -0.39 is 5.82 Å². The summed E-state index contributed by atoms with van der Waals surface area (Å²) in [6, 6.07) is 16.6. The second kappa shape index (κ2) is 7.94. The first-order valence-corrected chi connectivity index (χ1v) is 9.61. The second-order valence-electron chi connectivity index (χ2n) is 7.19. The minimum Gasteiger partial charge on any atom is -0.372 e. The lowest BCUT2D eigenvalue weighted by Gasteiger charge is -2.34. The van der Waals surface area contributed by atoms with Gasteiger partial charge in [0.25, 0.3) is 0 Å². The minimum atomic E-state index is -0.533. The van der Waals surface area contributed by atoms with Crippen LogP contribution in [0.3, 0.4) is 0 Å². The third-order valence-corrected chi connectivity index (χ3v) is 5.31. The monoisotopic (exact) mass is 390 g/mol. The average Bonchev–Trinajstić information content (AvgIpc) is 3.19. The van der Waals surface area contributed by atoms with Crippen LogP contribution in [0.5, 0.6) is 0 Å². The Labute approximate surface area is 169 Å². The van der Waals surface area contributed by atoms with Crippen molar-refractivity contribution in [1.29, 1.82) is 5.26 Å². The van der Waals surface area contributed by atoms with E-state index in [0.717, 1.165) is 37.6 Å². The Morgan fingerprint density at radius 3 is 2.31 bits per heavy atom. The number of anilines is 2. The number of likely N-dealkylation sites (N-methyl/N-ethyl adjacent to an activating group) is 1. The largest absolute Gasteiger partial charge is 0.372 e. The van der Waals surface area contributed by atoms with Crippen LogP contribution >= 0.6 is 0 Å². The number of halogens is 1. The lowest BCUT2D eigenvalue weighted by atomic mass is 10.1. The highest BCUT2D eigenvalue weighted by molar-refractivity contribution is 5.67. The summed E-state index contributed by atoms with van der Waals surface area (Å²) in [5.74, 6) is 0.155. The molecule has 7 heteroatoms. The lowest BCUT2D eigenvalue weighted by Crippen LogP contribution is -2.44. The van der Waals surface area contributed by atoms with Gasteiger partial charge >= 0.3 is 0 Å². The molecule has 1 aliphatic heterocycles. The molecule has 2 heterocycles. The summed E-state index contributed by atoms with van der Waals surface area (Å²) in [5, 5.41) is 16.6. The molecule has 0 amide bonds. The van der Waals surface area contributed by atoms with E-state index in [1.54, 1.807) is 17.8 Å². The van der Waals surface area contributed by atoms with E-state index in [2.05, 4.69) is 39.4 Å². The summed E-state index contributed by atoms with van der Waals surface area (Å²) >= 11 is 0. The summed E-state index contributed by atoms with van der Waals surface area (Å²) in [7, 11) is 3.94. The van der Waals surface area contributed by atoms with Gasteiger partial charge in [0.2, 0.25) is 0 Å². The van der Waals surface area contributed by atoms with Crippen LogP contribution in [0.2, 0.25) is 0 Å². The molecule has 0 aliphatic carbocycles. The van der Waals surface area contributed by atoms with Gasteiger partial charge in [-0.05, 0) is 43.4 Å². The summed E-state index contributed by atoms with van der Waals surface area (Å²) in [5.41, 5.74) is 3.53. The number of nitriles is 1. The van der Waals surface area contributed by atoms with Crippen LogP contribution in [-0.4, -0.2) is 55.0 Å². The van der Waals surface area contributed by atoms with E-state index in [4.69, 9.17) is 5.26 Å². The maximum Gasteiger partial charge on any atom is 0.148 e. The quantitative estimate of drug-likeness (QED) is 0.740. The van der Waals surface area contributed by atoms with E-state index in [1.807, 2.05) is 24.3 Å². The van der Waals surface area contributed by atoms with Crippen molar-refractivity contribution in [3.63, 3.8) is 0 Å². The Kier molecular flexibility index (Phi) is 5.19. The van der Waals surface area contributed by atoms with Crippen molar-refractivity contribution in [3.05, 3.63) is 59.9 Å². The number of benzene rings is 2. The van der Waals surface area contributed by atoms with E-state index in [1.165, 1.54) is 17.8 Å². The highest BCUT2D eigenvalue weighted by Crippen LogP contribution is 2.28. The van der Waals surface area contributed by atoms with Crippen LogP contribution in [0.1, 0.15) is 5.56 Å². The number of piperazine rings is 1. The van der Waals surface area contributed by atoms with Crippen LogP contribution in [0.4, 0.5) is 15.9 Å². The molecule has 29 heavy (non-hydrogen) atoms. The molecule has 1 saturated heterocycles. The van der Waals surface area contributed by atoms with E-state index in [-0.39, 0.29) is 5.56 Å². The Balaban J connectivity index is 1.67. The van der Waals surface area contributed by atoms with Gasteiger partial charge in [0.05, 0.1) is 16.9 Å². The van der Waals surface area contributed by atoms with Gasteiger partial charge < -0.3 is 15.1 Å². The lowest BCUT2D eigenvalue weighted by molar-refractivity contribution is 0.313. The van der Waals surface area contributed by atoms with Crippen molar-refractivity contribution in [1.82, 2.24) is 14.7 Å². The standard InChI is InChI=1S/C22H23FN6/c1-25-22-14-21(16-3-4-17(15-24)20(23)13-16)29(26-22)19-7-5-18(6-8-19)28-11-9-27(2)10-12-28/h3-8,13-14H,9-12H2,1-2H3,(H,25,26). The summed E-state index contributed by atoms with van der Waals surface area (Å²) in [4.78, 5) is 4.71. The zero-order valence-electron chi connectivity index (χ0n) is 16.6. The Hall–Kier alpha value is -3.37. The molecule has 0 radical (unpaired) electrons. The molecule has 1 fully saturated rings. The summed E-state index contributed by atoms with van der Waals surface area (Å²) < 4.78 is 16.0. The van der Waals surface area contributed by atoms with Crippen LogP contribution in [-0.2, 0) is 0 Å². The van der Waals surface area contributed by atoms with Gasteiger partial charge in [-0.2, -0.15) is 5.26 Å². The molecule has 0 bridgehead atoms. The van der Waals surface area contributed by atoms with Crippen LogP contribution in [0, 0.1) is 17.1 Å². The third-order valence-electron chi connectivity index (χ3n) is 5.31. The SMILES string of the molecule is CNc1cc(-c2ccc(C#N)c(F)c2)n(-c2ccc(N3CCN(C)CC3)cc2)n1. The van der Waals surface area contributed by atoms with Crippen LogP contribution in [0.15, 0.2) is 48.5 Å². The normalized spacial score (nSPS) is 14.6. The van der Waals surface area contributed by atoms with Crippen molar-refractivity contribution >= 4 is 11.5 Å². The number of hydrogen-bond acceptors (Lipinski definition) is 5. The predicted molar refractivity (Wildman–Crippen MR) is 113 cm³/mol. The zero-order valence-corrected chi connectivity index (χ0v) is 16.6. The van der Waals surface area contributed by atoms with Gasteiger partial charge in [0, 0.05) is 50.5 Å². The molecule has 0 spiro atoms. The molecule has 0 saturated carbocycles.